The first kappa shape index (κ1) is 35.3. The summed E-state index contributed by atoms with van der Waals surface area (Å²) in [6, 6.07) is 12.5. The first-order valence-corrected chi connectivity index (χ1v) is 14.7. The van der Waals surface area contributed by atoms with Crippen molar-refractivity contribution in [3.05, 3.63) is 119 Å². The Bertz CT molecular complexity index is 1580. The lowest BCUT2D eigenvalue weighted by Crippen LogP contribution is -2.59. The molecule has 3 aromatic carbocycles. The molecule has 6 nitrogen and oxygen atoms in total. The molecule has 0 aromatic heterocycles. The highest BCUT2D eigenvalue weighted by atomic mass is 19.4. The molecule has 1 N–H and O–H groups in total. The van der Waals surface area contributed by atoms with E-state index in [-0.39, 0.29) is 44.0 Å². The number of likely N-dealkylation sites (tertiary alicyclic amines) is 1. The van der Waals surface area contributed by atoms with E-state index < -0.39 is 59.5 Å². The molecule has 0 radical (unpaired) electrons. The second kappa shape index (κ2) is 13.7. The topological polar surface area (TPSA) is 64.1 Å². The number of amides is 3. The summed E-state index contributed by atoms with van der Waals surface area (Å²) in [5, 5.41) is 10.4. The number of halogens is 7. The van der Waals surface area contributed by atoms with Crippen molar-refractivity contribution in [2.75, 3.05) is 13.6 Å². The van der Waals surface area contributed by atoms with Gasteiger partial charge in [-0.15, -0.1) is 6.58 Å². The van der Waals surface area contributed by atoms with Crippen molar-refractivity contribution in [3.63, 3.8) is 0 Å². The number of carboxylic acid groups (broad SMARTS) is 1. The average molecular weight is 666 g/mol. The number of hydrogen-bond acceptors (Lipinski definition) is 2. The molecule has 2 atom stereocenters. The van der Waals surface area contributed by atoms with Gasteiger partial charge in [0.2, 0.25) is 0 Å². The number of carbonyl (C=O) groups is 2. The summed E-state index contributed by atoms with van der Waals surface area (Å²) in [5.74, 6) is -0.532. The number of alkyl halides is 6. The lowest BCUT2D eigenvalue weighted by molar-refractivity contribution is -0.143. The van der Waals surface area contributed by atoms with Gasteiger partial charge in [0.1, 0.15) is 5.82 Å². The molecule has 13 heteroatoms. The largest absolute Gasteiger partial charge is 0.465 e. The van der Waals surface area contributed by atoms with Gasteiger partial charge in [0.05, 0.1) is 22.7 Å². The van der Waals surface area contributed by atoms with Gasteiger partial charge >= 0.3 is 24.5 Å². The summed E-state index contributed by atoms with van der Waals surface area (Å²) in [4.78, 5) is 30.5. The summed E-state index contributed by atoms with van der Waals surface area (Å²) < 4.78 is 95.1. The summed E-state index contributed by atoms with van der Waals surface area (Å²) in [5.41, 5.74) is -2.72. The van der Waals surface area contributed by atoms with E-state index in [9.17, 15) is 45.4 Å². The average Bonchev–Trinajstić information content (AvgIpc) is 2.99. The van der Waals surface area contributed by atoms with Crippen molar-refractivity contribution < 1.29 is 45.4 Å². The molecule has 3 amide bonds. The lowest BCUT2D eigenvalue weighted by Gasteiger charge is -2.51. The fourth-order valence-electron chi connectivity index (χ4n) is 6.26. The number of rotatable bonds is 8. The van der Waals surface area contributed by atoms with Crippen LogP contribution in [0.4, 0.5) is 40.3 Å². The second-order valence-electron chi connectivity index (χ2n) is 11.8. The molecule has 47 heavy (non-hydrogen) atoms. The minimum absolute atomic E-state index is 0.0200. The van der Waals surface area contributed by atoms with Crippen LogP contribution in [0.15, 0.2) is 79.4 Å². The number of carbonyl (C=O) groups excluding carboxylic acids is 1. The summed E-state index contributed by atoms with van der Waals surface area (Å²) >= 11 is 0. The number of aryl methyl sites for hydroxylation is 1. The van der Waals surface area contributed by atoms with E-state index in [0.29, 0.717) is 23.3 Å². The van der Waals surface area contributed by atoms with Gasteiger partial charge in [0.25, 0.3) is 0 Å². The van der Waals surface area contributed by atoms with Crippen LogP contribution in [0.1, 0.15) is 58.7 Å². The van der Waals surface area contributed by atoms with Gasteiger partial charge in [-0.05, 0) is 78.8 Å². The van der Waals surface area contributed by atoms with Gasteiger partial charge in [-0.2, -0.15) is 26.3 Å². The molecule has 0 spiro atoms. The Morgan fingerprint density at radius 3 is 2.11 bits per heavy atom. The minimum Gasteiger partial charge on any atom is -0.465 e. The lowest BCUT2D eigenvalue weighted by atomic mass is 9.76. The minimum atomic E-state index is -5.05. The molecule has 2 unspecified atom stereocenters. The maximum Gasteiger partial charge on any atom is 0.416 e. The van der Waals surface area contributed by atoms with E-state index in [0.717, 1.165) is 10.5 Å². The molecule has 0 bridgehead atoms. The molecule has 1 heterocycles. The first-order valence-electron chi connectivity index (χ1n) is 14.7. The maximum atomic E-state index is 14.2. The molecule has 1 saturated heterocycles. The first-order chi connectivity index (χ1) is 21.9. The van der Waals surface area contributed by atoms with E-state index >= 15 is 0 Å². The van der Waals surface area contributed by atoms with Crippen molar-refractivity contribution in [2.24, 2.45) is 0 Å². The molecular formula is C34H34F7N3O3. The van der Waals surface area contributed by atoms with Crippen molar-refractivity contribution in [2.45, 2.75) is 63.2 Å². The predicted octanol–water partition coefficient (Wildman–Crippen LogP) is 9.06. The van der Waals surface area contributed by atoms with Crippen molar-refractivity contribution in [1.82, 2.24) is 14.7 Å². The highest BCUT2D eigenvalue weighted by Crippen LogP contribution is 2.44. The van der Waals surface area contributed by atoms with Crippen molar-refractivity contribution >= 4 is 12.1 Å². The Morgan fingerprint density at radius 2 is 1.57 bits per heavy atom. The molecule has 0 saturated carbocycles. The number of benzene rings is 3. The molecule has 1 aliphatic heterocycles. The molecular weight excluding hydrogens is 631 g/mol. The zero-order valence-corrected chi connectivity index (χ0v) is 25.7. The van der Waals surface area contributed by atoms with Crippen LogP contribution >= 0.6 is 0 Å². The Kier molecular flexibility index (Phi) is 10.3. The molecule has 252 valence electrons. The van der Waals surface area contributed by atoms with Gasteiger partial charge in [-0.25, -0.2) is 14.0 Å². The fourth-order valence-corrected chi connectivity index (χ4v) is 6.26. The third-order valence-corrected chi connectivity index (χ3v) is 8.51. The van der Waals surface area contributed by atoms with Crippen molar-refractivity contribution in [1.29, 1.82) is 0 Å². The van der Waals surface area contributed by atoms with Gasteiger partial charge in [-0.1, -0.05) is 42.5 Å². The van der Waals surface area contributed by atoms with Crippen LogP contribution in [0.25, 0.3) is 0 Å². The highest BCUT2D eigenvalue weighted by molar-refractivity contribution is 5.75. The standard InChI is InChI=1S/C34H34F7N3O3/c1-4-12-32(44(31(46)47)21-23-8-6-5-7-9-23)13-14-43(29(19-32)28-11-10-27(35)15-22(28)2)30(45)42(3)20-24-16-25(33(36,37)38)18-26(17-24)34(39,40)41/h4-11,15-18,29H,1,12-14,19-21H2,2-3H3,(H,46,47). The Morgan fingerprint density at radius 1 is 0.957 bits per heavy atom. The van der Waals surface area contributed by atoms with E-state index in [2.05, 4.69) is 6.58 Å². The number of urea groups is 1. The zero-order chi connectivity index (χ0) is 34.7. The number of hydrogen-bond donors (Lipinski definition) is 1. The second-order valence-corrected chi connectivity index (χ2v) is 11.8. The zero-order valence-electron chi connectivity index (χ0n) is 25.7. The molecule has 1 aliphatic rings. The van der Waals surface area contributed by atoms with Crippen molar-refractivity contribution in [3.8, 4) is 0 Å². The quantitative estimate of drug-likeness (QED) is 0.193. The number of nitrogens with zero attached hydrogens (tertiary/aromatic N) is 3. The Labute approximate surface area is 267 Å². The highest BCUT2D eigenvalue weighted by Gasteiger charge is 2.48. The maximum absolute atomic E-state index is 14.2. The van der Waals surface area contributed by atoms with Crippen LogP contribution in [0.5, 0.6) is 0 Å². The number of piperidine rings is 1. The third-order valence-electron chi connectivity index (χ3n) is 8.51. The van der Waals surface area contributed by atoms with Crippen LogP contribution < -0.4 is 0 Å². The van der Waals surface area contributed by atoms with Gasteiger partial charge in [-0.3, -0.25) is 4.90 Å². The SMILES string of the molecule is C=CCC1(N(Cc2ccccc2)C(=O)O)CCN(C(=O)N(C)Cc2cc(C(F)(F)F)cc(C(F)(F)F)c2)C(c2ccc(F)cc2C)C1. The Balaban J connectivity index is 1.73. The molecule has 4 rings (SSSR count). The van der Waals surface area contributed by atoms with Crippen LogP contribution in [0.2, 0.25) is 0 Å². The van der Waals surface area contributed by atoms with E-state index in [1.54, 1.807) is 43.3 Å². The summed E-state index contributed by atoms with van der Waals surface area (Å²) in [7, 11) is 1.26. The fraction of sp³-hybridized carbons (Fsp3) is 0.353. The molecule has 3 aromatic rings. The normalized spacial score (nSPS) is 18.5. The monoisotopic (exact) mass is 665 g/mol. The smallest absolute Gasteiger partial charge is 0.416 e. The molecule has 0 aliphatic carbocycles. The predicted molar refractivity (Wildman–Crippen MR) is 161 cm³/mol. The van der Waals surface area contributed by atoms with E-state index in [1.807, 2.05) is 0 Å². The Hall–Kier alpha value is -4.55. The van der Waals surface area contributed by atoms with Gasteiger partial charge < -0.3 is 14.9 Å². The van der Waals surface area contributed by atoms with E-state index in [4.69, 9.17) is 0 Å². The van der Waals surface area contributed by atoms with Crippen LogP contribution in [-0.4, -0.2) is 51.1 Å². The molecule has 1 fully saturated rings. The van der Waals surface area contributed by atoms with Crippen LogP contribution in [0.3, 0.4) is 0 Å². The van der Waals surface area contributed by atoms with Crippen LogP contribution in [-0.2, 0) is 25.4 Å². The van der Waals surface area contributed by atoms with E-state index in [1.165, 1.54) is 35.0 Å². The third kappa shape index (κ3) is 8.06. The summed E-state index contributed by atoms with van der Waals surface area (Å²) in [6.07, 6.45) is -9.30. The van der Waals surface area contributed by atoms with Gasteiger partial charge in [0.15, 0.2) is 0 Å². The van der Waals surface area contributed by atoms with Crippen LogP contribution in [0, 0.1) is 12.7 Å². The van der Waals surface area contributed by atoms with Gasteiger partial charge in [0, 0.05) is 26.7 Å². The summed E-state index contributed by atoms with van der Waals surface area (Å²) in [6.45, 7) is 4.90.